The predicted octanol–water partition coefficient (Wildman–Crippen LogP) is 1.67. The highest BCUT2D eigenvalue weighted by Crippen LogP contribution is 2.32. The average molecular weight is 305 g/mol. The summed E-state index contributed by atoms with van der Waals surface area (Å²) in [5.41, 5.74) is 0.905. The van der Waals surface area contributed by atoms with Crippen molar-refractivity contribution in [3.63, 3.8) is 0 Å². The number of carbonyl (C=O) groups excluding carboxylic acids is 1. The van der Waals surface area contributed by atoms with Gasteiger partial charge in [0.25, 0.3) is 0 Å². The van der Waals surface area contributed by atoms with Crippen LogP contribution in [0.2, 0.25) is 0 Å². The number of amides is 1. The molecule has 0 unspecified atom stereocenters. The Kier molecular flexibility index (Phi) is 4.18. The van der Waals surface area contributed by atoms with E-state index in [9.17, 15) is 9.59 Å². The molecule has 1 aromatic rings. The summed E-state index contributed by atoms with van der Waals surface area (Å²) in [5.74, 6) is 0.904. The van der Waals surface area contributed by atoms with E-state index in [2.05, 4.69) is 0 Å². The van der Waals surface area contributed by atoms with Gasteiger partial charge in [0.2, 0.25) is 12.7 Å². The van der Waals surface area contributed by atoms with Crippen LogP contribution in [0, 0.1) is 5.92 Å². The number of likely N-dealkylation sites (tertiary alicyclic amines) is 1. The Bertz CT molecular complexity index is 578. The lowest BCUT2D eigenvalue weighted by molar-refractivity contribution is -0.138. The molecule has 0 aromatic heterocycles. The lowest BCUT2D eigenvalue weighted by Crippen LogP contribution is -2.39. The van der Waals surface area contributed by atoms with Gasteiger partial charge < -0.3 is 19.5 Å². The molecule has 2 heterocycles. The fourth-order valence-electron chi connectivity index (χ4n) is 2.97. The highest BCUT2D eigenvalue weighted by Gasteiger charge is 2.24. The van der Waals surface area contributed by atoms with Crippen molar-refractivity contribution in [2.24, 2.45) is 5.92 Å². The molecule has 0 bridgehead atoms. The van der Waals surface area contributed by atoms with E-state index < -0.39 is 5.97 Å². The molecule has 2 aliphatic heterocycles. The Labute approximate surface area is 128 Å². The number of rotatable bonds is 4. The first-order chi connectivity index (χ1) is 10.6. The minimum atomic E-state index is -0.759. The number of carboxylic acids is 1. The lowest BCUT2D eigenvalue weighted by atomic mass is 9.93. The van der Waals surface area contributed by atoms with Crippen LogP contribution in [-0.2, 0) is 16.0 Å². The molecule has 6 heteroatoms. The van der Waals surface area contributed by atoms with Gasteiger partial charge in [-0.2, -0.15) is 0 Å². The van der Waals surface area contributed by atoms with Crippen LogP contribution in [0.5, 0.6) is 11.5 Å². The molecule has 22 heavy (non-hydrogen) atoms. The average Bonchev–Trinajstić information content (AvgIpc) is 2.95. The van der Waals surface area contributed by atoms with E-state index in [4.69, 9.17) is 14.6 Å². The van der Waals surface area contributed by atoms with Crippen molar-refractivity contribution in [1.82, 2.24) is 4.90 Å². The van der Waals surface area contributed by atoms with Crippen molar-refractivity contribution in [1.29, 1.82) is 0 Å². The third kappa shape index (κ3) is 3.32. The SMILES string of the molecule is O=C(O)CC1CCN(C(=O)Cc2ccc3c(c2)OCO3)CC1. The molecule has 2 aliphatic rings. The number of carbonyl (C=O) groups is 2. The molecule has 0 spiro atoms. The van der Waals surface area contributed by atoms with Gasteiger partial charge in [0, 0.05) is 19.5 Å². The number of piperidine rings is 1. The minimum absolute atomic E-state index is 0.0765. The third-order valence-corrected chi connectivity index (χ3v) is 4.22. The summed E-state index contributed by atoms with van der Waals surface area (Å²) < 4.78 is 10.6. The van der Waals surface area contributed by atoms with Gasteiger partial charge in [-0.1, -0.05) is 6.07 Å². The van der Waals surface area contributed by atoms with Gasteiger partial charge in [0.15, 0.2) is 11.5 Å². The number of fused-ring (bicyclic) bond motifs is 1. The molecule has 0 radical (unpaired) electrons. The number of hydrogen-bond acceptors (Lipinski definition) is 4. The number of ether oxygens (including phenoxy) is 2. The summed E-state index contributed by atoms with van der Waals surface area (Å²) in [4.78, 5) is 24.9. The molecule has 1 aromatic carbocycles. The lowest BCUT2D eigenvalue weighted by Gasteiger charge is -2.31. The van der Waals surface area contributed by atoms with E-state index in [1.54, 1.807) is 0 Å². The predicted molar refractivity (Wildman–Crippen MR) is 77.8 cm³/mol. The second-order valence-corrected chi connectivity index (χ2v) is 5.79. The molecule has 0 aliphatic carbocycles. The fourth-order valence-corrected chi connectivity index (χ4v) is 2.97. The standard InChI is InChI=1S/C16H19NO5/c18-15(17-5-3-11(4-6-17)9-16(19)20)8-12-1-2-13-14(7-12)22-10-21-13/h1-2,7,11H,3-6,8-10H2,(H,19,20). The first-order valence-corrected chi connectivity index (χ1v) is 7.50. The van der Waals surface area contributed by atoms with Gasteiger partial charge >= 0.3 is 5.97 Å². The van der Waals surface area contributed by atoms with Crippen LogP contribution in [0.1, 0.15) is 24.8 Å². The van der Waals surface area contributed by atoms with E-state index in [0.717, 1.165) is 18.4 Å². The Morgan fingerprint density at radius 3 is 2.64 bits per heavy atom. The van der Waals surface area contributed by atoms with Crippen molar-refractivity contribution in [2.75, 3.05) is 19.9 Å². The fraction of sp³-hybridized carbons (Fsp3) is 0.500. The van der Waals surface area contributed by atoms with Crippen molar-refractivity contribution in [3.05, 3.63) is 23.8 Å². The van der Waals surface area contributed by atoms with E-state index in [0.29, 0.717) is 31.0 Å². The molecule has 1 fully saturated rings. The molecule has 6 nitrogen and oxygen atoms in total. The summed E-state index contributed by atoms with van der Waals surface area (Å²) in [7, 11) is 0. The Balaban J connectivity index is 1.53. The van der Waals surface area contributed by atoms with Gasteiger partial charge in [0.05, 0.1) is 6.42 Å². The Morgan fingerprint density at radius 1 is 1.18 bits per heavy atom. The number of carboxylic acid groups (broad SMARTS) is 1. The summed E-state index contributed by atoms with van der Waals surface area (Å²) in [6.07, 6.45) is 2.06. The van der Waals surface area contributed by atoms with Gasteiger partial charge in [-0.05, 0) is 36.5 Å². The van der Waals surface area contributed by atoms with Crippen LogP contribution < -0.4 is 9.47 Å². The topological polar surface area (TPSA) is 76.1 Å². The highest BCUT2D eigenvalue weighted by atomic mass is 16.7. The maximum absolute atomic E-state index is 12.3. The minimum Gasteiger partial charge on any atom is -0.481 e. The second-order valence-electron chi connectivity index (χ2n) is 5.79. The summed E-state index contributed by atoms with van der Waals surface area (Å²) in [6.45, 7) is 1.51. The Morgan fingerprint density at radius 2 is 1.91 bits per heavy atom. The largest absolute Gasteiger partial charge is 0.481 e. The van der Waals surface area contributed by atoms with Crippen LogP contribution >= 0.6 is 0 Å². The highest BCUT2D eigenvalue weighted by molar-refractivity contribution is 5.79. The molecular weight excluding hydrogens is 286 g/mol. The van der Waals surface area contributed by atoms with Crippen molar-refractivity contribution >= 4 is 11.9 Å². The maximum atomic E-state index is 12.3. The van der Waals surface area contributed by atoms with E-state index >= 15 is 0 Å². The van der Waals surface area contributed by atoms with Gasteiger partial charge in [-0.3, -0.25) is 9.59 Å². The van der Waals surface area contributed by atoms with Crippen molar-refractivity contribution in [3.8, 4) is 11.5 Å². The zero-order valence-corrected chi connectivity index (χ0v) is 12.3. The number of hydrogen-bond donors (Lipinski definition) is 1. The number of nitrogens with zero attached hydrogens (tertiary/aromatic N) is 1. The smallest absolute Gasteiger partial charge is 0.303 e. The van der Waals surface area contributed by atoms with E-state index in [1.165, 1.54) is 0 Å². The van der Waals surface area contributed by atoms with Crippen molar-refractivity contribution < 1.29 is 24.2 Å². The van der Waals surface area contributed by atoms with Crippen LogP contribution in [0.4, 0.5) is 0 Å². The number of aliphatic carboxylic acids is 1. The normalized spacial score (nSPS) is 17.5. The van der Waals surface area contributed by atoms with Crippen LogP contribution in [-0.4, -0.2) is 41.8 Å². The summed E-state index contributed by atoms with van der Waals surface area (Å²) in [6, 6.07) is 5.55. The molecule has 3 rings (SSSR count). The van der Waals surface area contributed by atoms with Gasteiger partial charge in [-0.15, -0.1) is 0 Å². The molecule has 1 amide bonds. The monoisotopic (exact) mass is 305 g/mol. The first-order valence-electron chi connectivity index (χ1n) is 7.50. The molecule has 1 N–H and O–H groups in total. The van der Waals surface area contributed by atoms with E-state index in [-0.39, 0.29) is 25.0 Å². The Hall–Kier alpha value is -2.24. The van der Waals surface area contributed by atoms with Crippen molar-refractivity contribution in [2.45, 2.75) is 25.7 Å². The second kappa shape index (κ2) is 6.25. The van der Waals surface area contributed by atoms with E-state index in [1.807, 2.05) is 23.1 Å². The summed E-state index contributed by atoms with van der Waals surface area (Å²) >= 11 is 0. The van der Waals surface area contributed by atoms with Gasteiger partial charge in [0.1, 0.15) is 0 Å². The first kappa shape index (κ1) is 14.7. The summed E-state index contributed by atoms with van der Waals surface area (Å²) in [5, 5.41) is 8.81. The molecular formula is C16H19NO5. The zero-order valence-electron chi connectivity index (χ0n) is 12.3. The number of benzene rings is 1. The van der Waals surface area contributed by atoms with Gasteiger partial charge in [-0.25, -0.2) is 0 Å². The molecule has 118 valence electrons. The van der Waals surface area contributed by atoms with Crippen LogP contribution in [0.15, 0.2) is 18.2 Å². The zero-order chi connectivity index (χ0) is 15.5. The molecule has 0 saturated carbocycles. The quantitative estimate of drug-likeness (QED) is 0.915. The van der Waals surface area contributed by atoms with Crippen LogP contribution in [0.25, 0.3) is 0 Å². The molecule has 1 saturated heterocycles. The van der Waals surface area contributed by atoms with Crippen LogP contribution in [0.3, 0.4) is 0 Å². The maximum Gasteiger partial charge on any atom is 0.303 e. The molecule has 0 atom stereocenters. The third-order valence-electron chi connectivity index (χ3n) is 4.22.